The quantitative estimate of drug-likeness (QED) is 0.845. The third-order valence-corrected chi connectivity index (χ3v) is 3.46. The molecular formula is C13H12ClN3OS. The maximum Gasteiger partial charge on any atom is 0.329 e. The number of carbonyl (C=O) groups is 1. The number of urea groups is 1. The van der Waals surface area contributed by atoms with Crippen molar-refractivity contribution in [1.82, 2.24) is 9.71 Å². The van der Waals surface area contributed by atoms with E-state index in [4.69, 9.17) is 11.6 Å². The van der Waals surface area contributed by atoms with E-state index >= 15 is 0 Å². The van der Waals surface area contributed by atoms with Crippen molar-refractivity contribution in [3.05, 3.63) is 53.2 Å². The van der Waals surface area contributed by atoms with Crippen molar-refractivity contribution in [3.8, 4) is 0 Å². The molecule has 98 valence electrons. The molecular weight excluding hydrogens is 282 g/mol. The minimum Gasteiger partial charge on any atom is -0.307 e. The number of benzene rings is 1. The molecule has 2 N–H and O–H groups in total. The minimum atomic E-state index is -0.308. The number of aryl methyl sites for hydroxylation is 1. The molecule has 19 heavy (non-hydrogen) atoms. The van der Waals surface area contributed by atoms with Crippen molar-refractivity contribution in [2.45, 2.75) is 11.9 Å². The lowest BCUT2D eigenvalue weighted by atomic mass is 10.3. The van der Waals surface area contributed by atoms with Gasteiger partial charge in [0.1, 0.15) is 5.03 Å². The molecule has 2 amide bonds. The van der Waals surface area contributed by atoms with E-state index in [-0.39, 0.29) is 6.03 Å². The Labute approximate surface area is 120 Å². The summed E-state index contributed by atoms with van der Waals surface area (Å²) in [6.45, 7) is 1.94. The predicted molar refractivity (Wildman–Crippen MR) is 78.4 cm³/mol. The van der Waals surface area contributed by atoms with E-state index in [1.165, 1.54) is 11.9 Å². The Bertz CT molecular complexity index is 574. The average Bonchev–Trinajstić information content (AvgIpc) is 2.40. The first-order chi connectivity index (χ1) is 9.15. The molecule has 0 atom stereocenters. The van der Waals surface area contributed by atoms with Crippen LogP contribution in [0.1, 0.15) is 5.56 Å². The number of carbonyl (C=O) groups excluding carboxylic acids is 1. The van der Waals surface area contributed by atoms with Crippen LogP contribution in [0.3, 0.4) is 0 Å². The van der Waals surface area contributed by atoms with E-state index < -0.39 is 0 Å². The molecule has 0 aliphatic carbocycles. The normalized spacial score (nSPS) is 10.0. The Morgan fingerprint density at radius 2 is 2.00 bits per heavy atom. The molecule has 0 saturated heterocycles. The molecule has 0 aliphatic rings. The molecule has 6 heteroatoms. The Morgan fingerprint density at radius 3 is 2.68 bits per heavy atom. The summed E-state index contributed by atoms with van der Waals surface area (Å²) in [5, 5.41) is 4.10. The summed E-state index contributed by atoms with van der Waals surface area (Å²) in [6.07, 6.45) is 1.69. The lowest BCUT2D eigenvalue weighted by molar-refractivity contribution is 0.257. The molecule has 1 heterocycles. The van der Waals surface area contributed by atoms with Gasteiger partial charge in [-0.3, -0.25) is 4.72 Å². The topological polar surface area (TPSA) is 54.0 Å². The molecule has 0 bridgehead atoms. The number of anilines is 1. The Morgan fingerprint density at radius 1 is 1.26 bits per heavy atom. The van der Waals surface area contributed by atoms with Gasteiger partial charge in [0.2, 0.25) is 0 Å². The molecule has 0 unspecified atom stereocenters. The summed E-state index contributed by atoms with van der Waals surface area (Å²) in [5.74, 6) is 0. The van der Waals surface area contributed by atoms with Crippen LogP contribution in [0.15, 0.2) is 47.6 Å². The smallest absolute Gasteiger partial charge is 0.307 e. The fraction of sp³-hybridized carbons (Fsp3) is 0.0769. The van der Waals surface area contributed by atoms with Gasteiger partial charge in [0.15, 0.2) is 0 Å². The zero-order chi connectivity index (χ0) is 13.7. The van der Waals surface area contributed by atoms with Crippen molar-refractivity contribution in [3.63, 3.8) is 0 Å². The number of amides is 2. The zero-order valence-electron chi connectivity index (χ0n) is 10.2. The predicted octanol–water partition coefficient (Wildman–Crippen LogP) is 3.87. The van der Waals surface area contributed by atoms with Crippen molar-refractivity contribution in [2.24, 2.45) is 0 Å². The van der Waals surface area contributed by atoms with Crippen molar-refractivity contribution >= 4 is 35.3 Å². The summed E-state index contributed by atoms with van der Waals surface area (Å²) in [6, 6.07) is 10.4. The largest absolute Gasteiger partial charge is 0.329 e. The van der Waals surface area contributed by atoms with Gasteiger partial charge < -0.3 is 5.32 Å². The third kappa shape index (κ3) is 4.15. The molecule has 1 aromatic heterocycles. The lowest BCUT2D eigenvalue weighted by Gasteiger charge is -2.07. The van der Waals surface area contributed by atoms with Gasteiger partial charge in [-0.25, -0.2) is 9.78 Å². The number of rotatable bonds is 3. The molecule has 0 radical (unpaired) electrons. The third-order valence-electron chi connectivity index (χ3n) is 2.30. The SMILES string of the molecule is Cc1cccnc1SNC(=O)Nc1ccc(Cl)cc1. The van der Waals surface area contributed by atoms with Crippen LogP contribution >= 0.6 is 23.5 Å². The number of pyridine rings is 1. The number of hydrogen-bond donors (Lipinski definition) is 2. The average molecular weight is 294 g/mol. The van der Waals surface area contributed by atoms with Gasteiger partial charge in [-0.05, 0) is 42.8 Å². The highest BCUT2D eigenvalue weighted by Crippen LogP contribution is 2.16. The maximum atomic E-state index is 11.7. The van der Waals surface area contributed by atoms with Crippen LogP contribution in [0.2, 0.25) is 5.02 Å². The molecule has 0 spiro atoms. The van der Waals surface area contributed by atoms with E-state index in [0.29, 0.717) is 10.7 Å². The highest BCUT2D eigenvalue weighted by atomic mass is 35.5. The second-order valence-corrected chi connectivity index (χ2v) is 5.02. The second-order valence-electron chi connectivity index (χ2n) is 3.79. The fourth-order valence-electron chi connectivity index (χ4n) is 1.36. The molecule has 2 rings (SSSR count). The lowest BCUT2D eigenvalue weighted by Crippen LogP contribution is -2.22. The van der Waals surface area contributed by atoms with Gasteiger partial charge in [-0.1, -0.05) is 17.7 Å². The van der Waals surface area contributed by atoms with Gasteiger partial charge in [0.25, 0.3) is 0 Å². The summed E-state index contributed by atoms with van der Waals surface area (Å²) >= 11 is 6.94. The fourth-order valence-corrected chi connectivity index (χ4v) is 2.07. The van der Waals surface area contributed by atoms with Crippen LogP contribution in [0.25, 0.3) is 0 Å². The highest BCUT2D eigenvalue weighted by molar-refractivity contribution is 7.97. The van der Waals surface area contributed by atoms with Crippen LogP contribution < -0.4 is 10.0 Å². The first-order valence-corrected chi connectivity index (χ1v) is 6.75. The first-order valence-electron chi connectivity index (χ1n) is 5.56. The zero-order valence-corrected chi connectivity index (χ0v) is 11.8. The van der Waals surface area contributed by atoms with Crippen molar-refractivity contribution in [2.75, 3.05) is 5.32 Å². The number of halogens is 1. The van der Waals surface area contributed by atoms with E-state index in [0.717, 1.165) is 10.6 Å². The van der Waals surface area contributed by atoms with Gasteiger partial charge in [0, 0.05) is 28.9 Å². The minimum absolute atomic E-state index is 0.308. The van der Waals surface area contributed by atoms with Gasteiger partial charge in [-0.2, -0.15) is 0 Å². The Kier molecular flexibility index (Phi) is 4.65. The van der Waals surface area contributed by atoms with E-state index in [1.54, 1.807) is 30.5 Å². The van der Waals surface area contributed by atoms with Crippen LogP contribution in [0.5, 0.6) is 0 Å². The van der Waals surface area contributed by atoms with Crippen LogP contribution in [0.4, 0.5) is 10.5 Å². The Hall–Kier alpha value is -1.72. The van der Waals surface area contributed by atoms with Gasteiger partial charge in [-0.15, -0.1) is 0 Å². The molecule has 1 aromatic carbocycles. The summed E-state index contributed by atoms with van der Waals surface area (Å²) in [4.78, 5) is 15.9. The number of nitrogens with zero attached hydrogens (tertiary/aromatic N) is 1. The standard InChI is InChI=1S/C13H12ClN3OS/c1-9-3-2-8-15-12(9)19-17-13(18)16-11-6-4-10(14)5-7-11/h2-8H,1H3,(H2,16,17,18). The first kappa shape index (κ1) is 13.7. The monoisotopic (exact) mass is 293 g/mol. The molecule has 4 nitrogen and oxygen atoms in total. The van der Waals surface area contributed by atoms with Gasteiger partial charge >= 0.3 is 6.03 Å². The van der Waals surface area contributed by atoms with E-state index in [2.05, 4.69) is 15.0 Å². The van der Waals surface area contributed by atoms with E-state index in [1.807, 2.05) is 19.1 Å². The van der Waals surface area contributed by atoms with Crippen molar-refractivity contribution < 1.29 is 4.79 Å². The maximum absolute atomic E-state index is 11.7. The van der Waals surface area contributed by atoms with E-state index in [9.17, 15) is 4.79 Å². The summed E-state index contributed by atoms with van der Waals surface area (Å²) < 4.78 is 2.67. The summed E-state index contributed by atoms with van der Waals surface area (Å²) in [7, 11) is 0. The highest BCUT2D eigenvalue weighted by Gasteiger charge is 2.04. The number of nitrogens with one attached hydrogen (secondary N) is 2. The summed E-state index contributed by atoms with van der Waals surface area (Å²) in [5.41, 5.74) is 1.69. The number of hydrogen-bond acceptors (Lipinski definition) is 3. The molecule has 2 aromatic rings. The molecule has 0 fully saturated rings. The van der Waals surface area contributed by atoms with Gasteiger partial charge in [0.05, 0.1) is 0 Å². The van der Waals surface area contributed by atoms with Crippen molar-refractivity contribution in [1.29, 1.82) is 0 Å². The number of aromatic nitrogens is 1. The second kappa shape index (κ2) is 6.45. The van der Waals surface area contributed by atoms with Crippen LogP contribution in [-0.4, -0.2) is 11.0 Å². The molecule has 0 aliphatic heterocycles. The van der Waals surface area contributed by atoms with Crippen LogP contribution in [0, 0.1) is 6.92 Å². The Balaban J connectivity index is 1.88. The molecule has 0 saturated carbocycles. The van der Waals surface area contributed by atoms with Crippen LogP contribution in [-0.2, 0) is 0 Å².